The van der Waals surface area contributed by atoms with Crippen molar-refractivity contribution in [3.05, 3.63) is 89.0 Å². The number of aryl methyl sites for hydroxylation is 1. The number of nitrogens with one attached hydrogen (secondary N) is 1. The third-order valence-electron chi connectivity index (χ3n) is 5.88. The van der Waals surface area contributed by atoms with Gasteiger partial charge in [-0.05, 0) is 74.6 Å². The fourth-order valence-electron chi connectivity index (χ4n) is 4.25. The molecule has 1 unspecified atom stereocenters. The van der Waals surface area contributed by atoms with Crippen LogP contribution in [-0.2, 0) is 17.8 Å². The van der Waals surface area contributed by atoms with Crippen molar-refractivity contribution in [2.45, 2.75) is 51.7 Å². The topological polar surface area (TPSA) is 73.9 Å². The lowest BCUT2D eigenvalue weighted by molar-refractivity contribution is 0.0635. The standard InChI is InChI=1S/C29H31NO5/c1-29(2,3)35-28(32)30-26-17-21(33-4)11-15-24(26)25-13-10-20-16-22(12-14-23(20)27(25)31)34-18-19-8-6-5-7-9-19/h5-9,11-12,14-17,25H,10,13,18H2,1-4H3,(H,30,32). The van der Waals surface area contributed by atoms with Crippen LogP contribution in [0, 0.1) is 0 Å². The van der Waals surface area contributed by atoms with Crippen LogP contribution in [-0.4, -0.2) is 24.6 Å². The summed E-state index contributed by atoms with van der Waals surface area (Å²) in [6.07, 6.45) is 0.783. The van der Waals surface area contributed by atoms with Crippen molar-refractivity contribution >= 4 is 17.6 Å². The number of Topliss-reactive ketones (excluding diaryl/α,β-unsaturated/α-hetero) is 1. The van der Waals surface area contributed by atoms with Gasteiger partial charge in [-0.15, -0.1) is 0 Å². The van der Waals surface area contributed by atoms with E-state index in [1.807, 2.05) is 54.6 Å². The molecule has 4 rings (SSSR count). The van der Waals surface area contributed by atoms with Crippen molar-refractivity contribution in [2.24, 2.45) is 0 Å². The summed E-state index contributed by atoms with van der Waals surface area (Å²) in [5.41, 5.74) is 3.38. The van der Waals surface area contributed by atoms with Crippen molar-refractivity contribution < 1.29 is 23.8 Å². The Kier molecular flexibility index (Phi) is 7.10. The van der Waals surface area contributed by atoms with Crippen molar-refractivity contribution in [3.8, 4) is 11.5 Å². The monoisotopic (exact) mass is 473 g/mol. The van der Waals surface area contributed by atoms with Crippen LogP contribution >= 0.6 is 0 Å². The van der Waals surface area contributed by atoms with E-state index in [1.54, 1.807) is 40.0 Å². The van der Waals surface area contributed by atoms with Gasteiger partial charge in [0.1, 0.15) is 23.7 Å². The summed E-state index contributed by atoms with van der Waals surface area (Å²) in [6, 6.07) is 21.0. The van der Waals surface area contributed by atoms with E-state index in [0.717, 1.165) is 28.9 Å². The second-order valence-electron chi connectivity index (χ2n) is 9.63. The molecule has 182 valence electrons. The number of anilines is 1. The number of carbonyl (C=O) groups excluding carboxylic acids is 2. The summed E-state index contributed by atoms with van der Waals surface area (Å²) in [5, 5.41) is 2.81. The van der Waals surface area contributed by atoms with Gasteiger partial charge in [-0.1, -0.05) is 36.4 Å². The zero-order chi connectivity index (χ0) is 25.0. The van der Waals surface area contributed by atoms with Crippen LogP contribution < -0.4 is 14.8 Å². The van der Waals surface area contributed by atoms with E-state index in [-0.39, 0.29) is 11.7 Å². The van der Waals surface area contributed by atoms with Gasteiger partial charge in [0.25, 0.3) is 0 Å². The largest absolute Gasteiger partial charge is 0.497 e. The molecule has 3 aromatic carbocycles. The lowest BCUT2D eigenvalue weighted by Gasteiger charge is -2.27. The van der Waals surface area contributed by atoms with Gasteiger partial charge in [0.2, 0.25) is 0 Å². The highest BCUT2D eigenvalue weighted by Gasteiger charge is 2.31. The predicted molar refractivity (Wildman–Crippen MR) is 135 cm³/mol. The summed E-state index contributed by atoms with van der Waals surface area (Å²) in [4.78, 5) is 26.0. The maximum Gasteiger partial charge on any atom is 0.412 e. The smallest absolute Gasteiger partial charge is 0.412 e. The van der Waals surface area contributed by atoms with Gasteiger partial charge in [-0.3, -0.25) is 10.1 Å². The number of hydrogen-bond donors (Lipinski definition) is 1. The van der Waals surface area contributed by atoms with Crippen LogP contribution in [0.2, 0.25) is 0 Å². The number of carbonyl (C=O) groups is 2. The molecule has 0 fully saturated rings. The van der Waals surface area contributed by atoms with E-state index in [4.69, 9.17) is 14.2 Å². The van der Waals surface area contributed by atoms with Crippen LogP contribution in [0.25, 0.3) is 0 Å². The third kappa shape index (κ3) is 6.01. The maximum atomic E-state index is 13.5. The highest BCUT2D eigenvalue weighted by Crippen LogP contribution is 2.38. The Bertz CT molecular complexity index is 1210. The molecule has 0 aliphatic heterocycles. The van der Waals surface area contributed by atoms with Gasteiger partial charge in [-0.2, -0.15) is 0 Å². The molecule has 3 aromatic rings. The van der Waals surface area contributed by atoms with E-state index < -0.39 is 11.7 Å². The van der Waals surface area contributed by atoms with E-state index in [0.29, 0.717) is 30.0 Å². The van der Waals surface area contributed by atoms with Crippen molar-refractivity contribution in [1.82, 2.24) is 0 Å². The molecule has 6 heteroatoms. The highest BCUT2D eigenvalue weighted by molar-refractivity contribution is 6.04. The summed E-state index contributed by atoms with van der Waals surface area (Å²) in [5.74, 6) is 0.979. The number of amides is 1. The molecule has 1 aliphatic carbocycles. The molecule has 0 heterocycles. The molecule has 0 aromatic heterocycles. The summed E-state index contributed by atoms with van der Waals surface area (Å²) < 4.78 is 16.7. The minimum atomic E-state index is -0.636. The van der Waals surface area contributed by atoms with Crippen LogP contribution in [0.5, 0.6) is 11.5 Å². The predicted octanol–water partition coefficient (Wildman–Crippen LogP) is 6.53. The second-order valence-corrected chi connectivity index (χ2v) is 9.63. The van der Waals surface area contributed by atoms with Crippen LogP contribution in [0.15, 0.2) is 66.7 Å². The van der Waals surface area contributed by atoms with Crippen LogP contribution in [0.3, 0.4) is 0 Å². The zero-order valence-electron chi connectivity index (χ0n) is 20.6. The summed E-state index contributed by atoms with van der Waals surface area (Å²) in [7, 11) is 1.56. The Morgan fingerprint density at radius 3 is 2.46 bits per heavy atom. The zero-order valence-corrected chi connectivity index (χ0v) is 20.6. The Labute approximate surface area is 206 Å². The number of ketones is 1. The quantitative estimate of drug-likeness (QED) is 0.440. The number of ether oxygens (including phenoxy) is 3. The van der Waals surface area contributed by atoms with Gasteiger partial charge in [0.05, 0.1) is 12.8 Å². The summed E-state index contributed by atoms with van der Waals surface area (Å²) in [6.45, 7) is 5.89. The van der Waals surface area contributed by atoms with E-state index in [2.05, 4.69) is 5.32 Å². The fourth-order valence-corrected chi connectivity index (χ4v) is 4.25. The lowest BCUT2D eigenvalue weighted by atomic mass is 9.78. The number of rotatable bonds is 6. The van der Waals surface area contributed by atoms with Gasteiger partial charge < -0.3 is 14.2 Å². The molecular formula is C29H31NO5. The summed E-state index contributed by atoms with van der Waals surface area (Å²) >= 11 is 0. The maximum absolute atomic E-state index is 13.5. The first-order valence-corrected chi connectivity index (χ1v) is 11.8. The van der Waals surface area contributed by atoms with Gasteiger partial charge in [0.15, 0.2) is 5.78 Å². The van der Waals surface area contributed by atoms with E-state index in [1.165, 1.54) is 0 Å². The molecule has 0 spiro atoms. The molecule has 1 aliphatic rings. The second kappa shape index (κ2) is 10.2. The minimum Gasteiger partial charge on any atom is -0.497 e. The molecule has 0 radical (unpaired) electrons. The number of methoxy groups -OCH3 is 1. The fraction of sp³-hybridized carbons (Fsp3) is 0.310. The average Bonchev–Trinajstić information content (AvgIpc) is 2.82. The molecule has 1 N–H and O–H groups in total. The molecular weight excluding hydrogens is 442 g/mol. The van der Waals surface area contributed by atoms with Crippen LogP contribution in [0.4, 0.5) is 10.5 Å². The Balaban J connectivity index is 1.54. The van der Waals surface area contributed by atoms with Crippen molar-refractivity contribution in [3.63, 3.8) is 0 Å². The number of benzene rings is 3. The van der Waals surface area contributed by atoms with Crippen molar-refractivity contribution in [2.75, 3.05) is 12.4 Å². The Hall–Kier alpha value is -3.80. The Morgan fingerprint density at radius 2 is 1.74 bits per heavy atom. The third-order valence-corrected chi connectivity index (χ3v) is 5.88. The number of fused-ring (bicyclic) bond motifs is 1. The highest BCUT2D eigenvalue weighted by atomic mass is 16.6. The normalized spacial score (nSPS) is 15.2. The molecule has 1 amide bonds. The van der Waals surface area contributed by atoms with Gasteiger partial charge >= 0.3 is 6.09 Å². The SMILES string of the molecule is COc1ccc(C2CCc3cc(OCc4ccccc4)ccc3C2=O)c(NC(=O)OC(C)(C)C)c1. The first kappa shape index (κ1) is 24.3. The lowest BCUT2D eigenvalue weighted by Crippen LogP contribution is -2.28. The molecule has 0 saturated carbocycles. The van der Waals surface area contributed by atoms with Gasteiger partial charge in [-0.25, -0.2) is 4.79 Å². The van der Waals surface area contributed by atoms with Crippen LogP contribution in [0.1, 0.15) is 60.2 Å². The van der Waals surface area contributed by atoms with Crippen molar-refractivity contribution in [1.29, 1.82) is 0 Å². The molecule has 0 bridgehead atoms. The molecule has 35 heavy (non-hydrogen) atoms. The van der Waals surface area contributed by atoms with E-state index >= 15 is 0 Å². The van der Waals surface area contributed by atoms with Gasteiger partial charge in [0, 0.05) is 17.5 Å². The average molecular weight is 474 g/mol. The first-order chi connectivity index (χ1) is 16.7. The Morgan fingerprint density at radius 1 is 1.00 bits per heavy atom. The molecule has 1 atom stereocenters. The minimum absolute atomic E-state index is 0.0262. The van der Waals surface area contributed by atoms with E-state index in [9.17, 15) is 9.59 Å². The number of hydrogen-bond acceptors (Lipinski definition) is 5. The first-order valence-electron chi connectivity index (χ1n) is 11.8. The molecule has 0 saturated heterocycles. The molecule has 6 nitrogen and oxygen atoms in total.